The second-order valence-corrected chi connectivity index (χ2v) is 11.1. The third-order valence-electron chi connectivity index (χ3n) is 7.67. The second-order valence-electron chi connectivity index (χ2n) is 11.1. The molecule has 0 fully saturated rings. The summed E-state index contributed by atoms with van der Waals surface area (Å²) in [5.74, 6) is -1.72. The van der Waals surface area contributed by atoms with Gasteiger partial charge in [-0.3, -0.25) is 19.2 Å². The Balaban J connectivity index is 1.62. The van der Waals surface area contributed by atoms with E-state index in [1.807, 2.05) is 18.2 Å². The van der Waals surface area contributed by atoms with Crippen molar-refractivity contribution >= 4 is 35.3 Å². The Morgan fingerprint density at radius 2 is 1.74 bits per heavy atom. The van der Waals surface area contributed by atoms with Crippen molar-refractivity contribution < 1.29 is 24.0 Å². The number of allylic oxidation sites excluding steroid dienone is 2. The van der Waals surface area contributed by atoms with E-state index in [9.17, 15) is 24.0 Å². The molecular weight excluding hydrogens is 536 g/mol. The summed E-state index contributed by atoms with van der Waals surface area (Å²) < 4.78 is 0. The molecule has 11 nitrogen and oxygen atoms in total. The zero-order valence-corrected chi connectivity index (χ0v) is 24.8. The number of aryl methyl sites for hydroxylation is 1. The van der Waals surface area contributed by atoms with E-state index in [4.69, 9.17) is 5.73 Å². The highest BCUT2D eigenvalue weighted by Crippen LogP contribution is 2.32. The summed E-state index contributed by atoms with van der Waals surface area (Å²) in [5, 5.41) is 10.4. The minimum atomic E-state index is -0.897. The van der Waals surface area contributed by atoms with Crippen molar-refractivity contribution in [2.24, 2.45) is 11.7 Å². The van der Waals surface area contributed by atoms with Crippen LogP contribution in [0.3, 0.4) is 0 Å². The fourth-order valence-electron chi connectivity index (χ4n) is 5.32. The van der Waals surface area contributed by atoms with Gasteiger partial charge in [0.25, 0.3) is 0 Å². The number of amides is 6. The number of rotatable bonds is 12. The van der Waals surface area contributed by atoms with Crippen LogP contribution in [0.15, 0.2) is 47.6 Å². The largest absolute Gasteiger partial charge is 0.357 e. The van der Waals surface area contributed by atoms with Crippen LogP contribution in [0, 0.1) is 5.92 Å². The maximum absolute atomic E-state index is 13.5. The Hall–Kier alpha value is -4.15. The molecule has 0 bridgehead atoms. The smallest absolute Gasteiger partial charge is 0.312 e. The van der Waals surface area contributed by atoms with E-state index in [0.717, 1.165) is 36.9 Å². The number of nitrogens with zero attached hydrogens (tertiary/aromatic N) is 1. The highest BCUT2D eigenvalue weighted by Gasteiger charge is 2.29. The van der Waals surface area contributed by atoms with Gasteiger partial charge in [-0.25, -0.2) is 4.79 Å². The Morgan fingerprint density at radius 3 is 2.45 bits per heavy atom. The Bertz CT molecular complexity index is 1220. The molecule has 1 aliphatic carbocycles. The molecule has 11 heteroatoms. The molecule has 2 unspecified atom stereocenters. The molecule has 0 saturated carbocycles. The number of carbonyl (C=O) groups excluding carboxylic acids is 5. The fourth-order valence-corrected chi connectivity index (χ4v) is 5.32. The van der Waals surface area contributed by atoms with Crippen molar-refractivity contribution in [2.75, 3.05) is 25.0 Å². The van der Waals surface area contributed by atoms with Gasteiger partial charge >= 0.3 is 6.03 Å². The van der Waals surface area contributed by atoms with Crippen LogP contribution in [0.2, 0.25) is 0 Å². The van der Waals surface area contributed by atoms with Gasteiger partial charge in [0.1, 0.15) is 12.1 Å². The second kappa shape index (κ2) is 15.7. The average molecular weight is 581 g/mol. The number of nitrogens with two attached hydrogens (primary N) is 1. The average Bonchev–Trinajstić information content (AvgIpc) is 2.96. The first-order chi connectivity index (χ1) is 20.1. The van der Waals surface area contributed by atoms with Gasteiger partial charge in [-0.05, 0) is 61.6 Å². The molecule has 0 saturated heterocycles. The van der Waals surface area contributed by atoms with E-state index in [-0.39, 0.29) is 43.5 Å². The molecule has 2 atom stereocenters. The van der Waals surface area contributed by atoms with Crippen molar-refractivity contribution in [3.8, 4) is 0 Å². The van der Waals surface area contributed by atoms with E-state index in [1.165, 1.54) is 18.2 Å². The zero-order chi connectivity index (χ0) is 30.6. The third-order valence-corrected chi connectivity index (χ3v) is 7.67. The van der Waals surface area contributed by atoms with E-state index >= 15 is 0 Å². The topological polar surface area (TPSA) is 163 Å². The number of hydrogen-bond acceptors (Lipinski definition) is 5. The number of primary amides is 1. The monoisotopic (exact) mass is 580 g/mol. The van der Waals surface area contributed by atoms with Gasteiger partial charge in [0.2, 0.25) is 23.6 Å². The fraction of sp³-hybridized carbons (Fsp3) is 0.516. The summed E-state index contributed by atoms with van der Waals surface area (Å²) in [6, 6.07) is 5.50. The number of urea groups is 1. The van der Waals surface area contributed by atoms with E-state index in [1.54, 1.807) is 18.7 Å². The molecule has 42 heavy (non-hydrogen) atoms. The molecule has 1 aromatic carbocycles. The molecular formula is C31H44N6O5. The van der Waals surface area contributed by atoms with Crippen LogP contribution in [-0.4, -0.2) is 61.9 Å². The van der Waals surface area contributed by atoms with Crippen LogP contribution in [0.25, 0.3) is 0 Å². The van der Waals surface area contributed by atoms with Crippen LogP contribution >= 0.6 is 0 Å². The number of para-hydroxylation sites is 1. The molecule has 228 valence electrons. The Morgan fingerprint density at radius 1 is 0.976 bits per heavy atom. The lowest BCUT2D eigenvalue weighted by Crippen LogP contribution is -2.55. The SMILES string of the molecule is CNC(=O)C(CCCNC(N)=O)NC(=O)C(NC(=O)CCC(=O)N1CC2=C(CCC=C2)CCc2ccccc21)C(C)C. The summed E-state index contributed by atoms with van der Waals surface area (Å²) in [6.07, 6.45) is 8.71. The molecule has 6 N–H and O–H groups in total. The quantitative estimate of drug-likeness (QED) is 0.239. The number of carbonyl (C=O) groups is 5. The lowest BCUT2D eigenvalue weighted by Gasteiger charge is -2.30. The maximum Gasteiger partial charge on any atom is 0.312 e. The zero-order valence-electron chi connectivity index (χ0n) is 24.8. The summed E-state index contributed by atoms with van der Waals surface area (Å²) in [4.78, 5) is 64.7. The first kappa shape index (κ1) is 32.4. The first-order valence-electron chi connectivity index (χ1n) is 14.7. The summed E-state index contributed by atoms with van der Waals surface area (Å²) >= 11 is 0. The van der Waals surface area contributed by atoms with Gasteiger partial charge < -0.3 is 31.9 Å². The van der Waals surface area contributed by atoms with Crippen molar-refractivity contribution in [2.45, 2.75) is 77.3 Å². The van der Waals surface area contributed by atoms with Gasteiger partial charge in [-0.1, -0.05) is 49.8 Å². The van der Waals surface area contributed by atoms with Gasteiger partial charge in [0, 0.05) is 32.1 Å². The van der Waals surface area contributed by atoms with Crippen molar-refractivity contribution in [3.63, 3.8) is 0 Å². The summed E-state index contributed by atoms with van der Waals surface area (Å²) in [6.45, 7) is 4.31. The first-order valence-corrected chi connectivity index (χ1v) is 14.7. The lowest BCUT2D eigenvalue weighted by molar-refractivity contribution is -0.133. The lowest BCUT2D eigenvalue weighted by atomic mass is 9.89. The molecule has 0 spiro atoms. The van der Waals surface area contributed by atoms with Crippen LogP contribution in [-0.2, 0) is 25.6 Å². The number of likely N-dealkylation sites (N-methyl/N-ethyl adjacent to an activating group) is 1. The van der Waals surface area contributed by atoms with Crippen LogP contribution in [0.4, 0.5) is 10.5 Å². The molecule has 6 amide bonds. The Labute approximate surface area is 247 Å². The predicted octanol–water partition coefficient (Wildman–Crippen LogP) is 2.21. The molecule has 0 aromatic heterocycles. The number of anilines is 1. The molecule has 3 rings (SSSR count). The van der Waals surface area contributed by atoms with Gasteiger partial charge in [0.05, 0.1) is 6.54 Å². The van der Waals surface area contributed by atoms with Crippen molar-refractivity contribution in [1.82, 2.24) is 21.3 Å². The standard InChI is InChI=1S/C31H44N6O5/c1-20(2)28(30(41)35-24(29(40)33-3)12-8-18-34-31(32)42)36-26(38)16-17-27(39)37-19-23-11-5-4-9-21(23)14-15-22-10-6-7-13-25(22)37/h5-7,10-11,13,20,24,28H,4,8-9,12,14-19H2,1-3H3,(H,33,40)(H,35,41)(H,36,38)(H3,32,34,42). The number of benzene rings is 1. The van der Waals surface area contributed by atoms with Crippen LogP contribution < -0.4 is 31.9 Å². The highest BCUT2D eigenvalue weighted by atomic mass is 16.2. The van der Waals surface area contributed by atoms with Crippen LogP contribution in [0.1, 0.15) is 64.4 Å². The van der Waals surface area contributed by atoms with E-state index in [0.29, 0.717) is 13.0 Å². The highest BCUT2D eigenvalue weighted by molar-refractivity contribution is 5.97. The van der Waals surface area contributed by atoms with Crippen LogP contribution in [0.5, 0.6) is 0 Å². The molecule has 2 aliphatic rings. The molecule has 0 radical (unpaired) electrons. The molecule has 1 heterocycles. The van der Waals surface area contributed by atoms with Crippen molar-refractivity contribution in [3.05, 3.63) is 53.1 Å². The number of hydrogen-bond donors (Lipinski definition) is 5. The minimum absolute atomic E-state index is 0.00728. The van der Waals surface area contributed by atoms with Gasteiger partial charge in [0.15, 0.2) is 0 Å². The minimum Gasteiger partial charge on any atom is -0.357 e. The van der Waals surface area contributed by atoms with E-state index in [2.05, 4.69) is 39.5 Å². The normalized spacial score (nSPS) is 15.9. The Kier molecular flexibility index (Phi) is 12.1. The van der Waals surface area contributed by atoms with Gasteiger partial charge in [-0.2, -0.15) is 0 Å². The molecule has 1 aliphatic heterocycles. The maximum atomic E-state index is 13.5. The summed E-state index contributed by atoms with van der Waals surface area (Å²) in [5.41, 5.74) is 9.61. The predicted molar refractivity (Wildman–Crippen MR) is 161 cm³/mol. The number of nitrogens with one attached hydrogen (secondary N) is 4. The molecule has 1 aromatic rings. The summed E-state index contributed by atoms with van der Waals surface area (Å²) in [7, 11) is 1.47. The van der Waals surface area contributed by atoms with Gasteiger partial charge in [-0.15, -0.1) is 0 Å². The van der Waals surface area contributed by atoms with E-state index < -0.39 is 29.9 Å². The third kappa shape index (κ3) is 9.19. The van der Waals surface area contributed by atoms with Crippen molar-refractivity contribution in [1.29, 1.82) is 0 Å². The number of fused-ring (bicyclic) bond motifs is 1.